The van der Waals surface area contributed by atoms with Gasteiger partial charge in [0, 0.05) is 19.3 Å². The lowest BCUT2D eigenvalue weighted by atomic mass is 10.2. The summed E-state index contributed by atoms with van der Waals surface area (Å²) in [4.78, 5) is 1.75. The van der Waals surface area contributed by atoms with Crippen molar-refractivity contribution in [2.45, 2.75) is 5.78 Å². The van der Waals surface area contributed by atoms with Crippen molar-refractivity contribution in [2.75, 3.05) is 28.3 Å². The first-order valence-electron chi connectivity index (χ1n) is 6.38. The zero-order valence-corrected chi connectivity index (χ0v) is 16.0. The van der Waals surface area contributed by atoms with Crippen LogP contribution in [0.2, 0.25) is 0 Å². The van der Waals surface area contributed by atoms with Gasteiger partial charge in [-0.05, 0) is 25.7 Å². The normalized spacial score (nSPS) is 14.2. The fraction of sp³-hybridized carbons (Fsp3) is 0.385. The van der Waals surface area contributed by atoms with E-state index in [-0.39, 0.29) is 0 Å². The number of halogens is 2. The predicted octanol–water partition coefficient (Wildman–Crippen LogP) is -0.484. The van der Waals surface area contributed by atoms with Crippen LogP contribution in [0, 0.1) is 10.2 Å². The van der Waals surface area contributed by atoms with E-state index in [1.165, 1.54) is 14.2 Å². The van der Waals surface area contributed by atoms with E-state index in [0.717, 1.165) is 5.56 Å². The Kier molecular flexibility index (Phi) is 10.3. The minimum Gasteiger partial charge on any atom is -0.311 e. The first kappa shape index (κ1) is 23.5. The lowest BCUT2D eigenvalue weighted by Gasteiger charge is -2.27. The molecule has 0 aliphatic carbocycles. The molecule has 0 aliphatic rings. The van der Waals surface area contributed by atoms with Gasteiger partial charge in [-0.3, -0.25) is 9.46 Å². The maximum Gasteiger partial charge on any atom is 0.351 e. The maximum atomic E-state index is 12.5. The summed E-state index contributed by atoms with van der Waals surface area (Å²) in [5, 5.41) is 0.508. The zero-order valence-electron chi connectivity index (χ0n) is 13.6. The highest BCUT2D eigenvalue weighted by atomic mass is 35.7. The van der Waals surface area contributed by atoms with Crippen molar-refractivity contribution in [3.63, 3.8) is 0 Å². The summed E-state index contributed by atoms with van der Waals surface area (Å²) in [7, 11) is -1.63. The monoisotopic (exact) mass is 403 g/mol. The van der Waals surface area contributed by atoms with Gasteiger partial charge in [0.25, 0.3) is 0 Å². The second kappa shape index (κ2) is 10.5. The van der Waals surface area contributed by atoms with Gasteiger partial charge in [0.05, 0.1) is 14.9 Å². The van der Waals surface area contributed by atoms with Crippen molar-refractivity contribution < 1.29 is 42.5 Å². The van der Waals surface area contributed by atoms with E-state index in [1.807, 2.05) is 30.3 Å². The standard InChI is InChI=1S/C13H19ClNO3P.ClHO4/c1-15(2)13(19(16,17-3)18-4)10-12(14)11-8-6-5-7-9-11;2-1(3,4)5/h5-10,13H,1-4H3;(H,2,3,4,5). The molecule has 1 rings (SSSR count). The van der Waals surface area contributed by atoms with Crippen molar-refractivity contribution in [2.24, 2.45) is 0 Å². The van der Waals surface area contributed by atoms with Gasteiger partial charge in [0.2, 0.25) is 0 Å². The van der Waals surface area contributed by atoms with Crippen LogP contribution >= 0.6 is 19.2 Å². The minimum absolute atomic E-state index is 0.508. The van der Waals surface area contributed by atoms with E-state index in [2.05, 4.69) is 0 Å². The first-order chi connectivity index (χ1) is 10.9. The fourth-order valence-electron chi connectivity index (χ4n) is 1.64. The molecule has 1 unspecified atom stereocenters. The van der Waals surface area contributed by atoms with E-state index in [4.69, 9.17) is 39.3 Å². The number of hydrogen-bond acceptors (Lipinski definition) is 8. The van der Waals surface area contributed by atoms with E-state index in [0.29, 0.717) is 5.03 Å². The van der Waals surface area contributed by atoms with E-state index >= 15 is 0 Å². The van der Waals surface area contributed by atoms with Gasteiger partial charge >= 0.3 is 7.60 Å². The van der Waals surface area contributed by atoms with E-state index in [9.17, 15) is 4.57 Å². The zero-order chi connectivity index (χ0) is 19.0. The maximum absolute atomic E-state index is 12.5. The summed E-state index contributed by atoms with van der Waals surface area (Å²) in [5.74, 6) is -0.546. The summed E-state index contributed by atoms with van der Waals surface area (Å²) in [5.41, 5.74) is 0.856. The van der Waals surface area contributed by atoms with Crippen molar-refractivity contribution in [1.82, 2.24) is 4.90 Å². The Morgan fingerprint density at radius 1 is 1.25 bits per heavy atom. The van der Waals surface area contributed by atoms with Crippen LogP contribution in [0.25, 0.3) is 5.03 Å². The third-order valence-electron chi connectivity index (χ3n) is 2.71. The highest BCUT2D eigenvalue weighted by Gasteiger charge is 2.34. The van der Waals surface area contributed by atoms with Crippen LogP contribution < -0.4 is 14.0 Å². The predicted molar refractivity (Wildman–Crippen MR) is 81.6 cm³/mol. The van der Waals surface area contributed by atoms with Crippen molar-refractivity contribution in [3.8, 4) is 0 Å². The van der Waals surface area contributed by atoms with E-state index in [1.54, 1.807) is 25.1 Å². The molecule has 24 heavy (non-hydrogen) atoms. The quantitative estimate of drug-likeness (QED) is 0.630. The summed E-state index contributed by atoms with van der Waals surface area (Å²) >= 11 is 6.27. The van der Waals surface area contributed by atoms with Gasteiger partial charge < -0.3 is 9.05 Å². The van der Waals surface area contributed by atoms with E-state index < -0.39 is 23.6 Å². The molecule has 0 heterocycles. The number of likely N-dealkylation sites (N-methyl/N-ethyl adjacent to an activating group) is 1. The Morgan fingerprint density at radius 3 is 2.00 bits per heavy atom. The minimum atomic E-state index is -4.69. The largest absolute Gasteiger partial charge is 0.351 e. The Morgan fingerprint density at radius 2 is 1.67 bits per heavy atom. The molecule has 0 fully saturated rings. The molecule has 0 amide bonds. The average molecular weight is 404 g/mol. The third kappa shape index (κ3) is 9.10. The van der Waals surface area contributed by atoms with Gasteiger partial charge in [-0.1, -0.05) is 41.9 Å². The van der Waals surface area contributed by atoms with Crippen LogP contribution in [0.1, 0.15) is 5.56 Å². The molecular weight excluding hydrogens is 384 g/mol. The molecule has 1 atom stereocenters. The Bertz CT molecular complexity index is 549. The number of benzene rings is 1. The van der Waals surface area contributed by atoms with Gasteiger partial charge in [-0.2, -0.15) is 14.0 Å². The average Bonchev–Trinajstić information content (AvgIpc) is 2.50. The molecular formula is C13H20Cl2NO7P. The lowest BCUT2D eigenvalue weighted by molar-refractivity contribution is -1.92. The van der Waals surface area contributed by atoms with Crippen LogP contribution in [0.3, 0.4) is 0 Å². The van der Waals surface area contributed by atoms with Crippen LogP contribution in [0.5, 0.6) is 0 Å². The van der Waals surface area contributed by atoms with Crippen molar-refractivity contribution >= 4 is 24.2 Å². The smallest absolute Gasteiger partial charge is 0.311 e. The Labute approximate surface area is 148 Å². The van der Waals surface area contributed by atoms with Crippen molar-refractivity contribution in [3.05, 3.63) is 42.0 Å². The molecule has 0 radical (unpaired) electrons. The highest BCUT2D eigenvalue weighted by molar-refractivity contribution is 7.54. The van der Waals surface area contributed by atoms with Crippen LogP contribution in [-0.4, -0.2) is 43.7 Å². The second-order valence-corrected chi connectivity index (χ2v) is 8.10. The molecule has 138 valence electrons. The van der Waals surface area contributed by atoms with Gasteiger partial charge in [-0.15, -0.1) is 0 Å². The number of nitrogens with zero attached hydrogens (tertiary/aromatic N) is 1. The van der Waals surface area contributed by atoms with Gasteiger partial charge in [0.15, 0.2) is 0 Å². The molecule has 1 aromatic rings. The molecule has 0 bridgehead atoms. The highest BCUT2D eigenvalue weighted by Crippen LogP contribution is 2.53. The molecule has 0 saturated heterocycles. The molecule has 11 heteroatoms. The molecule has 0 spiro atoms. The van der Waals surface area contributed by atoms with Crippen LogP contribution in [0.4, 0.5) is 0 Å². The summed E-state index contributed by atoms with van der Waals surface area (Å²) < 4.78 is 55.3. The Balaban J connectivity index is 0.000000922. The molecule has 0 aliphatic heterocycles. The summed E-state index contributed by atoms with van der Waals surface area (Å²) in [6, 6.07) is 9.46. The van der Waals surface area contributed by atoms with Crippen LogP contribution in [-0.2, 0) is 13.6 Å². The number of hydrogen-bond donors (Lipinski definition) is 1. The molecule has 1 aromatic carbocycles. The SMILES string of the molecule is COP(=O)(OC)C(C=C(Cl)c1ccccc1)N(C)C.[O-][Cl+3]([O-])([O-])O. The summed E-state index contributed by atoms with van der Waals surface area (Å²) in [6.45, 7) is 0. The van der Waals surface area contributed by atoms with Crippen LogP contribution in [0.15, 0.2) is 36.4 Å². The second-order valence-electron chi connectivity index (χ2n) is 4.56. The molecule has 1 N–H and O–H groups in total. The molecule has 0 saturated carbocycles. The fourth-order valence-corrected chi connectivity index (χ4v) is 3.45. The topological polar surface area (TPSA) is 128 Å². The lowest BCUT2D eigenvalue weighted by Crippen LogP contribution is -2.58. The summed E-state index contributed by atoms with van der Waals surface area (Å²) in [6.07, 6.45) is 1.69. The van der Waals surface area contributed by atoms with Gasteiger partial charge in [-0.25, -0.2) is 0 Å². The molecule has 8 nitrogen and oxygen atoms in total. The van der Waals surface area contributed by atoms with Crippen molar-refractivity contribution in [1.29, 1.82) is 0 Å². The third-order valence-corrected chi connectivity index (χ3v) is 5.33. The Hall–Kier alpha value is -0.510. The molecule has 0 aromatic heterocycles. The number of rotatable bonds is 6. The van der Waals surface area contributed by atoms with Gasteiger partial charge in [0.1, 0.15) is 5.78 Å². The first-order valence-corrected chi connectivity index (χ1v) is 9.63.